The molecular formula is C15H18N2O3S. The van der Waals surface area contributed by atoms with Gasteiger partial charge in [-0.1, -0.05) is 6.07 Å². The van der Waals surface area contributed by atoms with E-state index in [4.69, 9.17) is 4.74 Å². The first kappa shape index (κ1) is 14.3. The summed E-state index contributed by atoms with van der Waals surface area (Å²) in [5.74, 6) is 1.29. The lowest BCUT2D eigenvalue weighted by molar-refractivity contribution is -0.135. The summed E-state index contributed by atoms with van der Waals surface area (Å²) in [6.07, 6.45) is 1.35. The number of carbonyl (C=O) groups excluding carboxylic acids is 2. The third kappa shape index (κ3) is 2.48. The molecule has 5 nitrogen and oxygen atoms in total. The molecule has 0 unspecified atom stereocenters. The van der Waals surface area contributed by atoms with Gasteiger partial charge in [0.1, 0.15) is 11.8 Å². The second-order valence-electron chi connectivity index (χ2n) is 5.49. The Hall–Kier alpha value is -1.69. The maximum atomic E-state index is 12.5. The minimum atomic E-state index is -0.388. The Morgan fingerprint density at radius 3 is 3.10 bits per heavy atom. The van der Waals surface area contributed by atoms with E-state index in [1.165, 1.54) is 0 Å². The molecule has 0 radical (unpaired) electrons. The number of carbonyl (C=O) groups is 2. The summed E-state index contributed by atoms with van der Waals surface area (Å²) in [7, 11) is 1.59. The van der Waals surface area contributed by atoms with E-state index < -0.39 is 0 Å². The minimum absolute atomic E-state index is 0.0771. The molecule has 2 fully saturated rings. The summed E-state index contributed by atoms with van der Waals surface area (Å²) < 4.78 is 5.14. The summed E-state index contributed by atoms with van der Waals surface area (Å²) >= 11 is 1.69. The van der Waals surface area contributed by atoms with Crippen molar-refractivity contribution in [2.24, 2.45) is 0 Å². The van der Waals surface area contributed by atoms with Crippen molar-refractivity contribution >= 4 is 29.3 Å². The number of nitrogens with one attached hydrogen (secondary N) is 1. The number of anilines is 1. The van der Waals surface area contributed by atoms with Gasteiger partial charge in [-0.05, 0) is 25.5 Å². The first-order valence-corrected chi connectivity index (χ1v) is 7.93. The maximum Gasteiger partial charge on any atom is 0.248 e. The molecule has 3 rings (SSSR count). The number of amides is 2. The first-order chi connectivity index (χ1) is 10.0. The molecule has 1 N–H and O–H groups in total. The topological polar surface area (TPSA) is 58.6 Å². The van der Waals surface area contributed by atoms with Crippen LogP contribution in [0.2, 0.25) is 0 Å². The van der Waals surface area contributed by atoms with Crippen molar-refractivity contribution in [1.82, 2.24) is 4.90 Å². The van der Waals surface area contributed by atoms with Crippen molar-refractivity contribution < 1.29 is 14.3 Å². The molecule has 0 aromatic heterocycles. The average molecular weight is 306 g/mol. The summed E-state index contributed by atoms with van der Waals surface area (Å²) in [5.41, 5.74) is 0.685. The number of rotatable bonds is 3. The molecule has 0 bridgehead atoms. The normalized spacial score (nSPS) is 27.6. The van der Waals surface area contributed by atoms with Gasteiger partial charge >= 0.3 is 0 Å². The van der Waals surface area contributed by atoms with Gasteiger partial charge in [0.05, 0.1) is 12.0 Å². The predicted molar refractivity (Wildman–Crippen MR) is 82.4 cm³/mol. The van der Waals surface area contributed by atoms with E-state index in [0.29, 0.717) is 23.6 Å². The second-order valence-corrected chi connectivity index (χ2v) is 6.99. The molecule has 2 saturated heterocycles. The van der Waals surface area contributed by atoms with Crippen LogP contribution in [0.15, 0.2) is 24.3 Å². The summed E-state index contributed by atoms with van der Waals surface area (Å²) in [6.45, 7) is 2.04. The number of nitrogens with zero attached hydrogens (tertiary/aromatic N) is 1. The molecule has 0 spiro atoms. The number of benzene rings is 1. The van der Waals surface area contributed by atoms with Crippen LogP contribution in [-0.4, -0.2) is 40.5 Å². The Bertz CT molecular complexity index is 592. The predicted octanol–water partition coefficient (Wildman–Crippen LogP) is 2.09. The molecule has 2 heterocycles. The molecule has 2 aliphatic heterocycles. The number of methoxy groups -OCH3 is 1. The van der Waals surface area contributed by atoms with Crippen LogP contribution in [0.3, 0.4) is 0 Å². The van der Waals surface area contributed by atoms with Crippen molar-refractivity contribution in [2.75, 3.05) is 18.2 Å². The highest BCUT2D eigenvalue weighted by Crippen LogP contribution is 2.47. The Labute approximate surface area is 128 Å². The fourth-order valence-corrected chi connectivity index (χ4v) is 4.37. The van der Waals surface area contributed by atoms with Gasteiger partial charge in [0.2, 0.25) is 11.8 Å². The molecule has 1 aromatic carbocycles. The molecule has 21 heavy (non-hydrogen) atoms. The van der Waals surface area contributed by atoms with Gasteiger partial charge in [-0.25, -0.2) is 0 Å². The highest BCUT2D eigenvalue weighted by molar-refractivity contribution is 8.01. The van der Waals surface area contributed by atoms with E-state index >= 15 is 0 Å². The molecule has 112 valence electrons. The van der Waals surface area contributed by atoms with Crippen LogP contribution in [0.4, 0.5) is 5.69 Å². The van der Waals surface area contributed by atoms with E-state index in [1.54, 1.807) is 29.8 Å². The molecule has 2 amide bonds. The van der Waals surface area contributed by atoms with Crippen molar-refractivity contribution in [3.63, 3.8) is 0 Å². The monoisotopic (exact) mass is 306 g/mol. The highest BCUT2D eigenvalue weighted by Gasteiger charge is 2.52. The van der Waals surface area contributed by atoms with Gasteiger partial charge in [0, 0.05) is 23.9 Å². The summed E-state index contributed by atoms with van der Waals surface area (Å²) in [6, 6.07) is 6.84. The van der Waals surface area contributed by atoms with Crippen LogP contribution in [-0.2, 0) is 9.59 Å². The molecule has 2 aliphatic rings. The fraction of sp³-hybridized carbons (Fsp3) is 0.467. The Morgan fingerprint density at radius 1 is 1.52 bits per heavy atom. The zero-order valence-corrected chi connectivity index (χ0v) is 12.9. The second kappa shape index (κ2) is 5.26. The number of hydrogen-bond acceptors (Lipinski definition) is 4. The number of fused-ring (bicyclic) bond motifs is 1. The zero-order valence-electron chi connectivity index (χ0n) is 12.1. The minimum Gasteiger partial charge on any atom is -0.497 e. The summed E-state index contributed by atoms with van der Waals surface area (Å²) in [4.78, 5) is 26.1. The van der Waals surface area contributed by atoms with Gasteiger partial charge in [-0.2, -0.15) is 0 Å². The van der Waals surface area contributed by atoms with Gasteiger partial charge in [-0.3, -0.25) is 9.59 Å². The van der Waals surface area contributed by atoms with Crippen molar-refractivity contribution in [3.05, 3.63) is 24.3 Å². The van der Waals surface area contributed by atoms with Gasteiger partial charge in [0.15, 0.2) is 0 Å². The quantitative estimate of drug-likeness (QED) is 0.929. The van der Waals surface area contributed by atoms with E-state index in [1.807, 2.05) is 25.1 Å². The van der Waals surface area contributed by atoms with E-state index in [0.717, 1.165) is 6.42 Å². The third-order valence-electron chi connectivity index (χ3n) is 4.08. The van der Waals surface area contributed by atoms with Crippen LogP contribution in [0.5, 0.6) is 5.75 Å². The number of thioether (sulfide) groups is 1. The Kier molecular flexibility index (Phi) is 3.57. The molecule has 2 atom stereocenters. The lowest BCUT2D eigenvalue weighted by Crippen LogP contribution is -2.48. The molecule has 6 heteroatoms. The Balaban J connectivity index is 1.75. The first-order valence-electron chi connectivity index (χ1n) is 6.94. The maximum absolute atomic E-state index is 12.5. The lowest BCUT2D eigenvalue weighted by Gasteiger charge is -2.29. The lowest BCUT2D eigenvalue weighted by atomic mass is 10.2. The van der Waals surface area contributed by atoms with Crippen molar-refractivity contribution in [1.29, 1.82) is 0 Å². The van der Waals surface area contributed by atoms with Crippen LogP contribution < -0.4 is 10.1 Å². The van der Waals surface area contributed by atoms with Crippen molar-refractivity contribution in [2.45, 2.75) is 30.7 Å². The molecule has 1 aromatic rings. The third-order valence-corrected chi connectivity index (χ3v) is 5.59. The van der Waals surface area contributed by atoms with Crippen LogP contribution >= 0.6 is 11.8 Å². The number of hydrogen-bond donors (Lipinski definition) is 1. The van der Waals surface area contributed by atoms with E-state index in [2.05, 4.69) is 5.32 Å². The highest BCUT2D eigenvalue weighted by atomic mass is 32.2. The average Bonchev–Trinajstić information content (AvgIpc) is 2.96. The summed E-state index contributed by atoms with van der Waals surface area (Å²) in [5, 5.41) is 2.88. The van der Waals surface area contributed by atoms with Crippen molar-refractivity contribution in [3.8, 4) is 5.75 Å². The largest absolute Gasteiger partial charge is 0.497 e. The van der Waals surface area contributed by atoms with E-state index in [-0.39, 0.29) is 22.7 Å². The zero-order chi connectivity index (χ0) is 15.0. The molecule has 0 saturated carbocycles. The fourth-order valence-electron chi connectivity index (χ4n) is 2.94. The van der Waals surface area contributed by atoms with Gasteiger partial charge < -0.3 is 15.0 Å². The standard InChI is InChI=1S/C15H18N2O3S/c1-15-7-6-13(18)17(15)12(9-21-15)14(19)16-10-4-3-5-11(8-10)20-2/h3-5,8,12H,6-7,9H2,1-2H3,(H,16,19)/t12-,15-/m1/s1. The van der Waals surface area contributed by atoms with E-state index in [9.17, 15) is 9.59 Å². The van der Waals surface area contributed by atoms with Gasteiger partial charge in [0.25, 0.3) is 0 Å². The SMILES string of the molecule is COc1cccc(NC(=O)[C@H]2CS[C@]3(C)CCC(=O)N23)c1. The van der Waals surface area contributed by atoms with Crippen LogP contribution in [0.25, 0.3) is 0 Å². The molecule has 0 aliphatic carbocycles. The van der Waals surface area contributed by atoms with Gasteiger partial charge in [-0.15, -0.1) is 11.8 Å². The van der Waals surface area contributed by atoms with Crippen LogP contribution in [0, 0.1) is 0 Å². The smallest absolute Gasteiger partial charge is 0.248 e. The number of ether oxygens (including phenoxy) is 1. The van der Waals surface area contributed by atoms with Crippen LogP contribution in [0.1, 0.15) is 19.8 Å². The molecular weight excluding hydrogens is 288 g/mol. The Morgan fingerprint density at radius 2 is 2.33 bits per heavy atom.